The maximum Gasteiger partial charge on any atom is 0.251 e. The zero-order chi connectivity index (χ0) is 20.4. The van der Waals surface area contributed by atoms with Crippen LogP contribution in [0.3, 0.4) is 0 Å². The Labute approximate surface area is 172 Å². The Hall–Kier alpha value is -2.12. The van der Waals surface area contributed by atoms with Crippen LogP contribution < -0.4 is 10.1 Å². The Morgan fingerprint density at radius 2 is 2.14 bits per heavy atom. The smallest absolute Gasteiger partial charge is 0.251 e. The second-order valence-corrected chi connectivity index (χ2v) is 8.51. The number of β-amino-alcohol motifs (C(OH)–C–C–N with tert-alkyl or cyclic N) is 1. The van der Waals surface area contributed by atoms with Gasteiger partial charge < -0.3 is 25.0 Å². The molecule has 2 N–H and O–H groups in total. The first kappa shape index (κ1) is 20.2. The van der Waals surface area contributed by atoms with Crippen LogP contribution in [0.2, 0.25) is 0 Å². The summed E-state index contributed by atoms with van der Waals surface area (Å²) in [5.41, 5.74) is 0.560. The number of benzene rings is 1. The van der Waals surface area contributed by atoms with Gasteiger partial charge in [-0.05, 0) is 49.3 Å². The molecule has 2 bridgehead atoms. The van der Waals surface area contributed by atoms with Crippen molar-refractivity contribution in [3.05, 3.63) is 29.8 Å². The van der Waals surface area contributed by atoms with Crippen LogP contribution in [-0.2, 0) is 4.79 Å². The Morgan fingerprint density at radius 1 is 1.31 bits per heavy atom. The monoisotopic (exact) mass is 401 g/mol. The van der Waals surface area contributed by atoms with Gasteiger partial charge in [0, 0.05) is 44.2 Å². The van der Waals surface area contributed by atoms with Gasteiger partial charge >= 0.3 is 0 Å². The molecule has 4 atom stereocenters. The fourth-order valence-electron chi connectivity index (χ4n) is 5.52. The van der Waals surface area contributed by atoms with Gasteiger partial charge in [0.05, 0.1) is 19.8 Å². The maximum absolute atomic E-state index is 12.8. The van der Waals surface area contributed by atoms with Crippen LogP contribution >= 0.6 is 0 Å². The lowest BCUT2D eigenvalue weighted by Crippen LogP contribution is -2.67. The van der Waals surface area contributed by atoms with Gasteiger partial charge in [-0.1, -0.05) is 6.07 Å². The number of rotatable bonds is 6. The van der Waals surface area contributed by atoms with E-state index >= 15 is 0 Å². The zero-order valence-corrected chi connectivity index (χ0v) is 17.0. The summed E-state index contributed by atoms with van der Waals surface area (Å²) >= 11 is 0. The van der Waals surface area contributed by atoms with Crippen molar-refractivity contribution < 1.29 is 19.4 Å². The molecule has 158 valence electrons. The first-order chi connectivity index (χ1) is 14.1. The molecule has 3 aliphatic rings. The first-order valence-corrected chi connectivity index (χ1v) is 10.7. The first-order valence-electron chi connectivity index (χ1n) is 10.7. The van der Waals surface area contributed by atoms with E-state index in [1.165, 1.54) is 0 Å². The van der Waals surface area contributed by atoms with Crippen molar-refractivity contribution in [3.63, 3.8) is 0 Å². The molecule has 1 aromatic rings. The normalized spacial score (nSPS) is 29.3. The van der Waals surface area contributed by atoms with Gasteiger partial charge in [-0.25, -0.2) is 0 Å². The van der Waals surface area contributed by atoms with Gasteiger partial charge in [-0.15, -0.1) is 0 Å². The fraction of sp³-hybridized carbons (Fsp3) is 0.636. The average Bonchev–Trinajstić information content (AvgIpc) is 2.74. The molecule has 0 unspecified atom stereocenters. The number of hydrogen-bond donors (Lipinski definition) is 2. The van der Waals surface area contributed by atoms with Crippen LogP contribution in [-0.4, -0.2) is 78.7 Å². The predicted molar refractivity (Wildman–Crippen MR) is 109 cm³/mol. The highest BCUT2D eigenvalue weighted by atomic mass is 16.5. The van der Waals surface area contributed by atoms with E-state index in [1.807, 2.05) is 6.07 Å². The number of methoxy groups -OCH3 is 1. The van der Waals surface area contributed by atoms with Crippen LogP contribution in [0.5, 0.6) is 5.75 Å². The number of carbonyl (C=O) groups excluding carboxylic acids is 2. The molecule has 3 aliphatic heterocycles. The number of aliphatic hydroxyl groups excluding tert-OH is 1. The summed E-state index contributed by atoms with van der Waals surface area (Å²) in [6.45, 7) is 3.12. The van der Waals surface area contributed by atoms with Crippen LogP contribution in [0.25, 0.3) is 0 Å². The molecule has 3 saturated heterocycles. The van der Waals surface area contributed by atoms with E-state index in [1.54, 1.807) is 25.3 Å². The molecular weight excluding hydrogens is 370 g/mol. The summed E-state index contributed by atoms with van der Waals surface area (Å²) in [5.74, 6) is 1.53. The van der Waals surface area contributed by atoms with Gasteiger partial charge in [-0.2, -0.15) is 0 Å². The minimum Gasteiger partial charge on any atom is -0.497 e. The van der Waals surface area contributed by atoms with Gasteiger partial charge in [0.15, 0.2) is 0 Å². The largest absolute Gasteiger partial charge is 0.497 e. The molecule has 2 amide bonds. The molecule has 0 aliphatic carbocycles. The lowest BCUT2D eigenvalue weighted by atomic mass is 9.72. The Morgan fingerprint density at radius 3 is 2.93 bits per heavy atom. The van der Waals surface area contributed by atoms with Gasteiger partial charge in [-0.3, -0.25) is 9.59 Å². The SMILES string of the molecule is COc1cccc(C(=O)NC[C@H]2[C@H]3C[C@H](CN(CCO)C3)[C@@H]3CCCC(=O)N32)c1. The van der Waals surface area contributed by atoms with Gasteiger partial charge in [0.2, 0.25) is 5.91 Å². The number of piperidine rings is 3. The van der Waals surface area contributed by atoms with Crippen molar-refractivity contribution in [2.45, 2.75) is 37.8 Å². The van der Waals surface area contributed by atoms with Gasteiger partial charge in [0.1, 0.15) is 5.75 Å². The summed E-state index contributed by atoms with van der Waals surface area (Å²) in [5, 5.41) is 12.5. The number of hydrogen-bond acceptors (Lipinski definition) is 5. The second kappa shape index (κ2) is 8.71. The molecule has 3 heterocycles. The van der Waals surface area contributed by atoms with Crippen molar-refractivity contribution in [1.82, 2.24) is 15.1 Å². The molecule has 0 spiro atoms. The lowest BCUT2D eigenvalue weighted by molar-refractivity contribution is -0.152. The third-order valence-electron chi connectivity index (χ3n) is 6.79. The summed E-state index contributed by atoms with van der Waals surface area (Å²) in [7, 11) is 1.58. The average molecular weight is 402 g/mol. The van der Waals surface area contributed by atoms with E-state index in [4.69, 9.17) is 4.74 Å². The third-order valence-corrected chi connectivity index (χ3v) is 6.79. The van der Waals surface area contributed by atoms with Crippen molar-refractivity contribution >= 4 is 11.8 Å². The number of ether oxygens (including phenoxy) is 1. The number of nitrogens with one attached hydrogen (secondary N) is 1. The molecule has 0 radical (unpaired) electrons. The van der Waals surface area contributed by atoms with E-state index in [9.17, 15) is 14.7 Å². The number of aliphatic hydroxyl groups is 1. The molecule has 0 aromatic heterocycles. The summed E-state index contributed by atoms with van der Waals surface area (Å²) in [6.07, 6.45) is 3.69. The second-order valence-electron chi connectivity index (χ2n) is 8.51. The van der Waals surface area contributed by atoms with Crippen molar-refractivity contribution in [2.75, 3.05) is 39.9 Å². The number of fused-ring (bicyclic) bond motifs is 4. The summed E-state index contributed by atoms with van der Waals surface area (Å²) in [6, 6.07) is 7.38. The van der Waals surface area contributed by atoms with E-state index in [2.05, 4.69) is 15.1 Å². The number of nitrogens with zero attached hydrogens (tertiary/aromatic N) is 2. The molecule has 0 saturated carbocycles. The van der Waals surface area contributed by atoms with Crippen molar-refractivity contribution in [2.24, 2.45) is 11.8 Å². The molecule has 1 aromatic carbocycles. The van der Waals surface area contributed by atoms with E-state index < -0.39 is 0 Å². The molecule has 29 heavy (non-hydrogen) atoms. The van der Waals surface area contributed by atoms with E-state index in [0.29, 0.717) is 42.7 Å². The summed E-state index contributed by atoms with van der Waals surface area (Å²) < 4.78 is 5.21. The molecule has 7 heteroatoms. The lowest BCUT2D eigenvalue weighted by Gasteiger charge is -2.56. The Kier molecular flexibility index (Phi) is 6.06. The quantitative estimate of drug-likeness (QED) is 0.747. The van der Waals surface area contributed by atoms with E-state index in [0.717, 1.165) is 32.4 Å². The minimum atomic E-state index is -0.143. The molecule has 3 fully saturated rings. The minimum absolute atomic E-state index is 0.0140. The maximum atomic E-state index is 12.8. The van der Waals surface area contributed by atoms with Crippen LogP contribution in [0.4, 0.5) is 0 Å². The topological polar surface area (TPSA) is 82.1 Å². The highest BCUT2D eigenvalue weighted by Gasteiger charge is 2.49. The highest BCUT2D eigenvalue weighted by molar-refractivity contribution is 5.94. The highest BCUT2D eigenvalue weighted by Crippen LogP contribution is 2.41. The standard InChI is InChI=1S/C22H31N3O4/c1-29-18-5-2-4-15(11-18)22(28)23-12-20-17-10-16(13-24(14-17)8-9-26)19-6-3-7-21(27)25(19)20/h2,4-5,11,16-17,19-20,26H,3,6-10,12-14H2,1H3,(H,23,28)/t16-,17+,19+,20+/m1/s1. The van der Waals surface area contributed by atoms with Crippen LogP contribution in [0.1, 0.15) is 36.0 Å². The number of likely N-dealkylation sites (tertiary alicyclic amines) is 1. The number of carbonyl (C=O) groups is 2. The summed E-state index contributed by atoms with van der Waals surface area (Å²) in [4.78, 5) is 30.0. The fourth-order valence-corrected chi connectivity index (χ4v) is 5.52. The Bertz CT molecular complexity index is 753. The van der Waals surface area contributed by atoms with E-state index in [-0.39, 0.29) is 30.5 Å². The van der Waals surface area contributed by atoms with Gasteiger partial charge in [0.25, 0.3) is 5.91 Å². The Balaban J connectivity index is 1.50. The van der Waals surface area contributed by atoms with Crippen LogP contribution in [0.15, 0.2) is 24.3 Å². The number of amides is 2. The third kappa shape index (κ3) is 4.12. The van der Waals surface area contributed by atoms with Crippen molar-refractivity contribution in [1.29, 1.82) is 0 Å². The molecule has 4 rings (SSSR count). The molecule has 7 nitrogen and oxygen atoms in total. The van der Waals surface area contributed by atoms with Crippen molar-refractivity contribution in [3.8, 4) is 5.75 Å². The molecular formula is C22H31N3O4. The predicted octanol–water partition coefficient (Wildman–Crippen LogP) is 1.12. The van der Waals surface area contributed by atoms with Crippen LogP contribution in [0, 0.1) is 11.8 Å². The zero-order valence-electron chi connectivity index (χ0n) is 17.0.